The van der Waals surface area contributed by atoms with Crippen LogP contribution in [0.25, 0.3) is 0 Å². The summed E-state index contributed by atoms with van der Waals surface area (Å²) in [5, 5.41) is 11.2. The molecule has 1 aromatic heterocycles. The van der Waals surface area contributed by atoms with Gasteiger partial charge in [-0.2, -0.15) is 0 Å². The van der Waals surface area contributed by atoms with E-state index in [2.05, 4.69) is 15.5 Å². The molecule has 1 heterocycles. The molecule has 0 aliphatic heterocycles. The average molecular weight is 325 g/mol. The fourth-order valence-electron chi connectivity index (χ4n) is 1.60. The Balaban J connectivity index is 2.05. The summed E-state index contributed by atoms with van der Waals surface area (Å²) in [4.78, 5) is 11.9. The zero-order valence-electron chi connectivity index (χ0n) is 11.7. The van der Waals surface area contributed by atoms with Crippen LogP contribution < -0.4 is 5.32 Å². The number of anilines is 1. The molecule has 1 aromatic carbocycles. The molecule has 0 saturated carbocycles. The predicted octanol–water partition coefficient (Wildman–Crippen LogP) is 1.82. The quantitative estimate of drug-likeness (QED) is 0.906. The zero-order chi connectivity index (χ0) is 15.5. The molecule has 2 aromatic rings. The first kappa shape index (κ1) is 15.6. The van der Waals surface area contributed by atoms with Crippen molar-refractivity contribution in [2.24, 2.45) is 0 Å². The lowest BCUT2D eigenvalue weighted by Crippen LogP contribution is -2.23. The summed E-state index contributed by atoms with van der Waals surface area (Å²) >= 11 is 1.24. The fourth-order valence-corrected chi connectivity index (χ4v) is 3.43. The number of nitrogens with zero attached hydrogens (tertiary/aromatic N) is 2. The molecule has 1 amide bonds. The van der Waals surface area contributed by atoms with E-state index in [0.29, 0.717) is 5.13 Å². The molecule has 1 N–H and O–H groups in total. The third-order valence-corrected chi connectivity index (χ3v) is 5.33. The van der Waals surface area contributed by atoms with Gasteiger partial charge in [-0.3, -0.25) is 10.1 Å². The van der Waals surface area contributed by atoms with Crippen LogP contribution in [0, 0.1) is 6.92 Å². The van der Waals surface area contributed by atoms with Crippen molar-refractivity contribution < 1.29 is 13.2 Å². The summed E-state index contributed by atoms with van der Waals surface area (Å²) in [5.41, 5.74) is 0.958. The molecule has 0 saturated heterocycles. The molecule has 0 unspecified atom stereocenters. The monoisotopic (exact) mass is 325 g/mol. The lowest BCUT2D eigenvalue weighted by atomic mass is 10.2. The first-order valence-electron chi connectivity index (χ1n) is 6.32. The Morgan fingerprint density at radius 1 is 1.24 bits per heavy atom. The highest BCUT2D eigenvalue weighted by Crippen LogP contribution is 2.16. The topological polar surface area (TPSA) is 89.0 Å². The second kappa shape index (κ2) is 6.31. The normalized spacial score (nSPS) is 11.3. The molecular formula is C13H15N3O3S2. The summed E-state index contributed by atoms with van der Waals surface area (Å²) in [6.07, 6.45) is 0.717. The number of aromatic nitrogens is 2. The van der Waals surface area contributed by atoms with Crippen molar-refractivity contribution in [1.82, 2.24) is 10.2 Å². The molecule has 6 nitrogen and oxygen atoms in total. The molecule has 0 fully saturated rings. The van der Waals surface area contributed by atoms with Crippen LogP contribution in [0.1, 0.15) is 17.5 Å². The number of hydrogen-bond acceptors (Lipinski definition) is 6. The third kappa shape index (κ3) is 4.08. The van der Waals surface area contributed by atoms with Gasteiger partial charge in [0.1, 0.15) is 10.8 Å². The van der Waals surface area contributed by atoms with Crippen molar-refractivity contribution in [2.75, 3.05) is 11.1 Å². The summed E-state index contributed by atoms with van der Waals surface area (Å²) < 4.78 is 24.2. The fraction of sp³-hybridized carbons (Fsp3) is 0.308. The SMILES string of the molecule is CCc1nnc(NC(=O)CS(=O)(=O)c2ccc(C)cc2)s1. The second-order valence-electron chi connectivity index (χ2n) is 4.47. The Morgan fingerprint density at radius 2 is 1.90 bits per heavy atom. The van der Waals surface area contributed by atoms with Crippen molar-refractivity contribution in [3.05, 3.63) is 34.8 Å². The van der Waals surface area contributed by atoms with Gasteiger partial charge in [-0.1, -0.05) is 36.0 Å². The average Bonchev–Trinajstić information content (AvgIpc) is 2.86. The van der Waals surface area contributed by atoms with Gasteiger partial charge < -0.3 is 0 Å². The highest BCUT2D eigenvalue weighted by atomic mass is 32.2. The summed E-state index contributed by atoms with van der Waals surface area (Å²) in [5.74, 6) is -1.23. The summed E-state index contributed by atoms with van der Waals surface area (Å²) in [7, 11) is -3.65. The van der Waals surface area contributed by atoms with Gasteiger partial charge in [0.25, 0.3) is 0 Å². The third-order valence-electron chi connectivity index (χ3n) is 2.72. The molecule has 21 heavy (non-hydrogen) atoms. The molecule has 112 valence electrons. The van der Waals surface area contributed by atoms with Gasteiger partial charge in [-0.25, -0.2) is 8.42 Å². The maximum absolute atomic E-state index is 12.1. The number of rotatable bonds is 5. The van der Waals surface area contributed by atoms with Crippen molar-refractivity contribution in [3.63, 3.8) is 0 Å². The summed E-state index contributed by atoms with van der Waals surface area (Å²) in [6.45, 7) is 3.79. The highest BCUT2D eigenvalue weighted by molar-refractivity contribution is 7.92. The number of hydrogen-bond donors (Lipinski definition) is 1. The standard InChI is InChI=1S/C13H15N3O3S2/c1-3-12-15-16-13(20-12)14-11(17)8-21(18,19)10-6-4-9(2)5-7-10/h4-7H,3,8H2,1-2H3,(H,14,16,17). The van der Waals surface area contributed by atoms with Crippen LogP contribution in [0.2, 0.25) is 0 Å². The Hall–Kier alpha value is -1.80. The zero-order valence-corrected chi connectivity index (χ0v) is 13.3. The number of amides is 1. The van der Waals surface area contributed by atoms with E-state index < -0.39 is 21.5 Å². The molecule has 0 atom stereocenters. The second-order valence-corrected chi connectivity index (χ2v) is 7.53. The Morgan fingerprint density at radius 3 is 2.48 bits per heavy atom. The molecule has 0 aliphatic carbocycles. The van der Waals surface area contributed by atoms with E-state index in [-0.39, 0.29) is 4.90 Å². The molecule has 0 aliphatic rings. The number of carbonyl (C=O) groups is 1. The van der Waals surface area contributed by atoms with Gasteiger partial charge in [0.2, 0.25) is 11.0 Å². The Labute approximate surface area is 127 Å². The van der Waals surface area contributed by atoms with E-state index in [0.717, 1.165) is 17.0 Å². The van der Waals surface area contributed by atoms with Crippen LogP contribution in [-0.4, -0.2) is 30.3 Å². The van der Waals surface area contributed by atoms with Gasteiger partial charge in [0, 0.05) is 0 Å². The number of aryl methyl sites for hydroxylation is 2. The van der Waals surface area contributed by atoms with Gasteiger partial charge in [-0.15, -0.1) is 10.2 Å². The summed E-state index contributed by atoms with van der Waals surface area (Å²) in [6, 6.07) is 6.39. The van der Waals surface area contributed by atoms with Crippen molar-refractivity contribution >= 4 is 32.2 Å². The highest BCUT2D eigenvalue weighted by Gasteiger charge is 2.20. The maximum Gasteiger partial charge on any atom is 0.241 e. The van der Waals surface area contributed by atoms with E-state index in [1.165, 1.54) is 23.5 Å². The number of benzene rings is 1. The molecule has 8 heteroatoms. The minimum Gasteiger partial charge on any atom is -0.300 e. The Kier molecular flexibility index (Phi) is 4.69. The van der Waals surface area contributed by atoms with Crippen molar-refractivity contribution in [3.8, 4) is 0 Å². The maximum atomic E-state index is 12.1. The first-order chi connectivity index (χ1) is 9.90. The van der Waals surface area contributed by atoms with Gasteiger partial charge >= 0.3 is 0 Å². The van der Waals surface area contributed by atoms with Crippen molar-refractivity contribution in [2.45, 2.75) is 25.2 Å². The molecular weight excluding hydrogens is 310 g/mol. The number of nitrogens with one attached hydrogen (secondary N) is 1. The number of sulfone groups is 1. The predicted molar refractivity (Wildman–Crippen MR) is 81.1 cm³/mol. The molecule has 0 radical (unpaired) electrons. The van der Waals surface area contributed by atoms with Crippen LogP contribution in [-0.2, 0) is 21.1 Å². The molecule has 2 rings (SSSR count). The van der Waals surface area contributed by atoms with Gasteiger partial charge in [0.05, 0.1) is 4.90 Å². The van der Waals surface area contributed by atoms with Crippen LogP contribution >= 0.6 is 11.3 Å². The van der Waals surface area contributed by atoms with E-state index in [4.69, 9.17) is 0 Å². The minimum atomic E-state index is -3.65. The Bertz CT molecular complexity index is 736. The van der Waals surface area contributed by atoms with E-state index in [9.17, 15) is 13.2 Å². The van der Waals surface area contributed by atoms with Gasteiger partial charge in [-0.05, 0) is 25.5 Å². The van der Waals surface area contributed by atoms with Crippen LogP contribution in [0.15, 0.2) is 29.2 Å². The van der Waals surface area contributed by atoms with E-state index >= 15 is 0 Å². The molecule has 0 bridgehead atoms. The lowest BCUT2D eigenvalue weighted by molar-refractivity contribution is -0.113. The lowest BCUT2D eigenvalue weighted by Gasteiger charge is -2.04. The van der Waals surface area contributed by atoms with Crippen molar-refractivity contribution in [1.29, 1.82) is 0 Å². The van der Waals surface area contributed by atoms with E-state index in [1.54, 1.807) is 12.1 Å². The van der Waals surface area contributed by atoms with Gasteiger partial charge in [0.15, 0.2) is 9.84 Å². The molecule has 0 spiro atoms. The largest absolute Gasteiger partial charge is 0.300 e. The van der Waals surface area contributed by atoms with Crippen LogP contribution in [0.4, 0.5) is 5.13 Å². The number of carbonyl (C=O) groups excluding carboxylic acids is 1. The first-order valence-corrected chi connectivity index (χ1v) is 8.79. The smallest absolute Gasteiger partial charge is 0.241 e. The van der Waals surface area contributed by atoms with Crippen LogP contribution in [0.3, 0.4) is 0 Å². The van der Waals surface area contributed by atoms with Crippen LogP contribution in [0.5, 0.6) is 0 Å². The minimum absolute atomic E-state index is 0.134. The van der Waals surface area contributed by atoms with E-state index in [1.807, 2.05) is 13.8 Å².